The predicted octanol–water partition coefficient (Wildman–Crippen LogP) is 2.86. The van der Waals surface area contributed by atoms with E-state index in [9.17, 15) is 18.0 Å². The summed E-state index contributed by atoms with van der Waals surface area (Å²) in [7, 11) is -4.19. The maximum Gasteiger partial charge on any atom is 0.405 e. The van der Waals surface area contributed by atoms with Crippen molar-refractivity contribution in [1.82, 2.24) is 10.0 Å². The number of benzene rings is 1. The second-order valence-electron chi connectivity index (χ2n) is 6.94. The Morgan fingerprint density at radius 3 is 2.55 bits per heavy atom. The highest BCUT2D eigenvalue weighted by Gasteiger charge is 2.60. The van der Waals surface area contributed by atoms with Gasteiger partial charge in [-0.15, -0.1) is 13.2 Å². The standard InChI is InChI=1S/C20H27N3O5S/c1-3-5-6-7-10-13-21-16-11-8-9-12-17(16)29(27,28)23-18(24)20(22-19(25)26)14-15(20)4-2/h3-4,8-9,11-12,15,21-22H,1-2,5-7,10,13-14H2,(H,23,24)(H,25,26)/t15-,20-/m1/s1. The average molecular weight is 422 g/mol. The van der Waals surface area contributed by atoms with Crippen LogP contribution in [0.2, 0.25) is 0 Å². The van der Waals surface area contributed by atoms with Crippen molar-refractivity contribution in [2.75, 3.05) is 11.9 Å². The molecule has 0 unspecified atom stereocenters. The van der Waals surface area contributed by atoms with Gasteiger partial charge in [0.1, 0.15) is 10.4 Å². The lowest BCUT2D eigenvalue weighted by Crippen LogP contribution is -2.51. The quantitative estimate of drug-likeness (QED) is 0.304. The lowest BCUT2D eigenvalue weighted by atomic mass is 10.2. The van der Waals surface area contributed by atoms with Gasteiger partial charge in [0.15, 0.2) is 0 Å². The number of carboxylic acid groups (broad SMARTS) is 1. The minimum absolute atomic E-state index is 0.0688. The molecule has 1 aliphatic rings. The first kappa shape index (κ1) is 22.5. The number of nitrogens with one attached hydrogen (secondary N) is 3. The van der Waals surface area contributed by atoms with Crippen LogP contribution < -0.4 is 15.4 Å². The summed E-state index contributed by atoms with van der Waals surface area (Å²) >= 11 is 0. The van der Waals surface area contributed by atoms with Crippen molar-refractivity contribution in [2.45, 2.75) is 42.5 Å². The highest BCUT2D eigenvalue weighted by molar-refractivity contribution is 7.90. The fraction of sp³-hybridized carbons (Fsp3) is 0.400. The third kappa shape index (κ3) is 5.60. The Hall–Kier alpha value is -2.81. The number of anilines is 1. The second kappa shape index (κ2) is 9.60. The zero-order valence-corrected chi connectivity index (χ0v) is 17.0. The molecule has 0 aliphatic heterocycles. The molecule has 29 heavy (non-hydrogen) atoms. The van der Waals surface area contributed by atoms with Crippen molar-refractivity contribution in [3.05, 3.63) is 49.6 Å². The Balaban J connectivity index is 2.09. The van der Waals surface area contributed by atoms with Crippen LogP contribution in [0.1, 0.15) is 32.1 Å². The molecule has 0 heterocycles. The molecule has 1 saturated carbocycles. The van der Waals surface area contributed by atoms with Crippen LogP contribution in [-0.2, 0) is 14.8 Å². The van der Waals surface area contributed by atoms with Gasteiger partial charge >= 0.3 is 6.09 Å². The Bertz CT molecular complexity index is 884. The monoisotopic (exact) mass is 421 g/mol. The van der Waals surface area contributed by atoms with E-state index in [2.05, 4.69) is 23.8 Å². The number of carbonyl (C=O) groups excluding carboxylic acids is 1. The van der Waals surface area contributed by atoms with Gasteiger partial charge in [-0.1, -0.05) is 30.7 Å². The number of hydrogen-bond acceptors (Lipinski definition) is 5. The smallest absolute Gasteiger partial charge is 0.405 e. The van der Waals surface area contributed by atoms with Crippen LogP contribution in [0.5, 0.6) is 0 Å². The van der Waals surface area contributed by atoms with E-state index in [0.717, 1.165) is 25.7 Å². The van der Waals surface area contributed by atoms with E-state index in [1.807, 2.05) is 10.8 Å². The van der Waals surface area contributed by atoms with Crippen LogP contribution >= 0.6 is 0 Å². The van der Waals surface area contributed by atoms with E-state index < -0.39 is 33.5 Å². The van der Waals surface area contributed by atoms with Gasteiger partial charge in [-0.3, -0.25) is 4.79 Å². The van der Waals surface area contributed by atoms with Gasteiger partial charge in [0.25, 0.3) is 15.9 Å². The van der Waals surface area contributed by atoms with E-state index >= 15 is 0 Å². The molecule has 0 radical (unpaired) electrons. The number of hydrogen-bond donors (Lipinski definition) is 4. The molecule has 4 N–H and O–H groups in total. The van der Waals surface area contributed by atoms with Crippen LogP contribution in [0.15, 0.2) is 54.5 Å². The predicted molar refractivity (Wildman–Crippen MR) is 111 cm³/mol. The Kier molecular flexibility index (Phi) is 7.44. The summed E-state index contributed by atoms with van der Waals surface area (Å²) in [6.45, 7) is 7.82. The lowest BCUT2D eigenvalue weighted by molar-refractivity contribution is -0.122. The number of carbonyl (C=O) groups is 2. The van der Waals surface area contributed by atoms with Crippen molar-refractivity contribution >= 4 is 27.7 Å². The fourth-order valence-corrected chi connectivity index (χ4v) is 4.38. The van der Waals surface area contributed by atoms with E-state index in [1.165, 1.54) is 12.1 Å². The molecule has 158 valence electrons. The fourth-order valence-electron chi connectivity index (χ4n) is 3.15. The SMILES string of the molecule is C=CCCCCCNc1ccccc1S(=O)(=O)NC(=O)[C@@]1(NC(=O)O)C[C@H]1C=C. The second-order valence-corrected chi connectivity index (χ2v) is 8.59. The van der Waals surface area contributed by atoms with Crippen molar-refractivity contribution in [1.29, 1.82) is 0 Å². The molecule has 2 atom stereocenters. The highest BCUT2D eigenvalue weighted by atomic mass is 32.2. The van der Waals surface area contributed by atoms with Gasteiger partial charge in [0.2, 0.25) is 0 Å². The zero-order valence-electron chi connectivity index (χ0n) is 16.2. The first-order valence-electron chi connectivity index (χ1n) is 9.41. The van der Waals surface area contributed by atoms with Crippen LogP contribution in [0.3, 0.4) is 0 Å². The van der Waals surface area contributed by atoms with E-state index in [1.54, 1.807) is 18.2 Å². The number of amides is 2. The minimum atomic E-state index is -4.19. The normalized spacial score (nSPS) is 20.3. The third-order valence-corrected chi connectivity index (χ3v) is 6.23. The van der Waals surface area contributed by atoms with E-state index in [4.69, 9.17) is 5.11 Å². The summed E-state index contributed by atoms with van der Waals surface area (Å²) in [5.41, 5.74) is -1.12. The molecule has 0 spiro atoms. The number of sulfonamides is 1. The molecule has 2 rings (SSSR count). The van der Waals surface area contributed by atoms with Crippen molar-refractivity contribution in [3.8, 4) is 0 Å². The van der Waals surface area contributed by atoms with Crippen LogP contribution in [0, 0.1) is 5.92 Å². The molecule has 2 amide bonds. The van der Waals surface area contributed by atoms with Crippen molar-refractivity contribution in [2.24, 2.45) is 5.92 Å². The van der Waals surface area contributed by atoms with Crippen molar-refractivity contribution < 1.29 is 23.1 Å². The molecule has 0 saturated heterocycles. The maximum absolute atomic E-state index is 12.8. The molecule has 1 fully saturated rings. The number of para-hydroxylation sites is 1. The highest BCUT2D eigenvalue weighted by Crippen LogP contribution is 2.44. The summed E-state index contributed by atoms with van der Waals surface area (Å²) in [4.78, 5) is 23.6. The average Bonchev–Trinajstić information content (AvgIpc) is 3.38. The topological polar surface area (TPSA) is 125 Å². The number of unbranched alkanes of at least 4 members (excludes halogenated alkanes) is 3. The molecule has 1 aliphatic carbocycles. The first-order chi connectivity index (χ1) is 13.8. The summed E-state index contributed by atoms with van der Waals surface area (Å²) < 4.78 is 27.6. The van der Waals surface area contributed by atoms with E-state index in [0.29, 0.717) is 12.2 Å². The molecular weight excluding hydrogens is 394 g/mol. The van der Waals surface area contributed by atoms with Crippen LogP contribution in [0.4, 0.5) is 10.5 Å². The summed E-state index contributed by atoms with van der Waals surface area (Å²) in [5.74, 6) is -1.37. The Morgan fingerprint density at radius 1 is 1.21 bits per heavy atom. The Labute approximate surface area is 171 Å². The molecule has 9 heteroatoms. The third-order valence-electron chi connectivity index (χ3n) is 4.84. The van der Waals surface area contributed by atoms with Gasteiger partial charge < -0.3 is 15.7 Å². The number of allylic oxidation sites excluding steroid dienone is 1. The molecular formula is C20H27N3O5S. The zero-order chi connectivity index (χ0) is 21.5. The lowest BCUT2D eigenvalue weighted by Gasteiger charge is -2.18. The molecule has 8 nitrogen and oxygen atoms in total. The minimum Gasteiger partial charge on any atom is -0.465 e. The van der Waals surface area contributed by atoms with Gasteiger partial charge in [0, 0.05) is 12.5 Å². The van der Waals surface area contributed by atoms with Gasteiger partial charge in [-0.05, 0) is 37.8 Å². The summed E-state index contributed by atoms with van der Waals surface area (Å²) in [5, 5.41) is 14.2. The summed E-state index contributed by atoms with van der Waals surface area (Å²) in [6.07, 6.45) is 5.86. The number of rotatable bonds is 12. The van der Waals surface area contributed by atoms with Crippen LogP contribution in [-0.4, -0.2) is 37.6 Å². The molecule has 0 bridgehead atoms. The molecule has 1 aromatic carbocycles. The Morgan fingerprint density at radius 2 is 1.93 bits per heavy atom. The molecule has 0 aromatic heterocycles. The largest absolute Gasteiger partial charge is 0.465 e. The van der Waals surface area contributed by atoms with Gasteiger partial charge in [-0.25, -0.2) is 17.9 Å². The van der Waals surface area contributed by atoms with Crippen LogP contribution in [0.25, 0.3) is 0 Å². The molecule has 1 aromatic rings. The van der Waals surface area contributed by atoms with Crippen molar-refractivity contribution in [3.63, 3.8) is 0 Å². The van der Waals surface area contributed by atoms with E-state index in [-0.39, 0.29) is 11.3 Å². The first-order valence-corrected chi connectivity index (χ1v) is 10.9. The maximum atomic E-state index is 12.8. The van der Waals surface area contributed by atoms with Gasteiger partial charge in [0.05, 0.1) is 5.69 Å². The van der Waals surface area contributed by atoms with Gasteiger partial charge in [-0.2, -0.15) is 0 Å². The summed E-state index contributed by atoms with van der Waals surface area (Å²) in [6, 6.07) is 6.27.